The molecule has 1 aliphatic carbocycles. The number of hydrogen-bond acceptors (Lipinski definition) is 5. The monoisotopic (exact) mass is 327 g/mol. The third-order valence-electron chi connectivity index (χ3n) is 4.94. The molecule has 0 atom stereocenters. The molecule has 2 fully saturated rings. The van der Waals surface area contributed by atoms with Crippen LogP contribution in [0.4, 0.5) is 0 Å². The number of aromatic nitrogens is 2. The molecule has 5 rings (SSSR count). The van der Waals surface area contributed by atoms with E-state index in [2.05, 4.69) is 9.97 Å². The lowest BCUT2D eigenvalue weighted by Crippen LogP contribution is -2.61. The molecule has 4 heterocycles. The molecule has 2 aromatic heterocycles. The van der Waals surface area contributed by atoms with Gasteiger partial charge in [-0.2, -0.15) is 0 Å². The number of thiophene rings is 1. The Morgan fingerprint density at radius 2 is 2.22 bits per heavy atom. The predicted molar refractivity (Wildman–Crippen MR) is 85.4 cm³/mol. The molecule has 2 aromatic rings. The smallest absolute Gasteiger partial charge is 0.264 e. The Bertz CT molecular complexity index is 806. The van der Waals surface area contributed by atoms with Crippen molar-refractivity contribution >= 4 is 17.2 Å². The minimum atomic E-state index is -0.376. The quantitative estimate of drug-likeness (QED) is 0.851. The van der Waals surface area contributed by atoms with E-state index in [0.29, 0.717) is 25.6 Å². The second-order valence-corrected chi connectivity index (χ2v) is 8.01. The largest absolute Gasteiger partial charge is 0.360 e. The van der Waals surface area contributed by atoms with Crippen LogP contribution in [0.3, 0.4) is 0 Å². The Balaban J connectivity index is 1.36. The van der Waals surface area contributed by atoms with Crippen LogP contribution in [-0.4, -0.2) is 33.9 Å². The molecule has 5 nitrogen and oxygen atoms in total. The zero-order valence-corrected chi connectivity index (χ0v) is 13.7. The van der Waals surface area contributed by atoms with Gasteiger partial charge in [0.2, 0.25) is 0 Å². The molecule has 0 radical (unpaired) electrons. The molecule has 1 spiro atoms. The highest BCUT2D eigenvalue weighted by atomic mass is 32.1. The molecule has 0 aromatic carbocycles. The average molecular weight is 327 g/mol. The highest BCUT2D eigenvalue weighted by Gasteiger charge is 2.53. The van der Waals surface area contributed by atoms with E-state index in [-0.39, 0.29) is 11.5 Å². The lowest BCUT2D eigenvalue weighted by atomic mass is 9.87. The van der Waals surface area contributed by atoms with Crippen molar-refractivity contribution in [3.05, 3.63) is 45.2 Å². The lowest BCUT2D eigenvalue weighted by Gasteiger charge is -2.47. The minimum absolute atomic E-state index is 0.0984. The molecule has 1 saturated heterocycles. The number of carbonyl (C=O) groups is 1. The first kappa shape index (κ1) is 13.6. The van der Waals surface area contributed by atoms with Crippen LogP contribution in [0.25, 0.3) is 0 Å². The fourth-order valence-corrected chi connectivity index (χ4v) is 4.26. The summed E-state index contributed by atoms with van der Waals surface area (Å²) in [4.78, 5) is 25.5. The highest BCUT2D eigenvalue weighted by molar-refractivity contribution is 7.13. The van der Waals surface area contributed by atoms with Crippen molar-refractivity contribution in [2.75, 3.05) is 13.1 Å². The number of hydrogen-bond donors (Lipinski definition) is 0. The summed E-state index contributed by atoms with van der Waals surface area (Å²) in [5.41, 5.74) is 1.72. The van der Waals surface area contributed by atoms with Crippen LogP contribution in [0, 0.1) is 6.92 Å². The van der Waals surface area contributed by atoms with Crippen molar-refractivity contribution in [3.63, 3.8) is 0 Å². The van der Waals surface area contributed by atoms with Gasteiger partial charge in [0.1, 0.15) is 11.4 Å². The van der Waals surface area contributed by atoms with E-state index < -0.39 is 0 Å². The Kier molecular flexibility index (Phi) is 2.73. The SMILES string of the molecule is Cc1ccc(C(=O)N2CC3(C2)OCc2nc(C4CC4)ncc23)s1. The maximum absolute atomic E-state index is 12.5. The van der Waals surface area contributed by atoms with Gasteiger partial charge in [-0.1, -0.05) is 0 Å². The van der Waals surface area contributed by atoms with E-state index in [1.165, 1.54) is 12.8 Å². The number of nitrogens with zero attached hydrogens (tertiary/aromatic N) is 3. The normalized spacial score (nSPS) is 21.3. The molecule has 1 amide bonds. The van der Waals surface area contributed by atoms with Crippen LogP contribution in [-0.2, 0) is 16.9 Å². The maximum Gasteiger partial charge on any atom is 0.264 e. The fourth-order valence-electron chi connectivity index (χ4n) is 3.43. The van der Waals surface area contributed by atoms with Crippen molar-refractivity contribution in [3.8, 4) is 0 Å². The average Bonchev–Trinajstić information content (AvgIpc) is 3.17. The van der Waals surface area contributed by atoms with Crippen molar-refractivity contribution in [1.29, 1.82) is 0 Å². The Labute approximate surface area is 138 Å². The van der Waals surface area contributed by atoms with E-state index >= 15 is 0 Å². The molecule has 118 valence electrons. The van der Waals surface area contributed by atoms with Crippen LogP contribution in [0.2, 0.25) is 0 Å². The summed E-state index contributed by atoms with van der Waals surface area (Å²) >= 11 is 1.55. The zero-order valence-electron chi connectivity index (χ0n) is 12.9. The summed E-state index contributed by atoms with van der Waals surface area (Å²) in [6.45, 7) is 3.76. The van der Waals surface area contributed by atoms with Gasteiger partial charge in [0.25, 0.3) is 5.91 Å². The van der Waals surface area contributed by atoms with Gasteiger partial charge >= 0.3 is 0 Å². The number of ether oxygens (including phenoxy) is 1. The molecule has 0 unspecified atom stereocenters. The molecule has 23 heavy (non-hydrogen) atoms. The minimum Gasteiger partial charge on any atom is -0.360 e. The number of amides is 1. The van der Waals surface area contributed by atoms with Crippen LogP contribution < -0.4 is 0 Å². The maximum atomic E-state index is 12.5. The predicted octanol–water partition coefficient (Wildman–Crippen LogP) is 2.61. The third kappa shape index (κ3) is 2.05. The summed E-state index contributed by atoms with van der Waals surface area (Å²) in [6.07, 6.45) is 4.33. The van der Waals surface area contributed by atoms with Crippen LogP contribution in [0.5, 0.6) is 0 Å². The third-order valence-corrected chi connectivity index (χ3v) is 5.92. The van der Waals surface area contributed by atoms with Crippen molar-refractivity contribution in [2.45, 2.75) is 37.9 Å². The van der Waals surface area contributed by atoms with Gasteiger partial charge in [-0.15, -0.1) is 11.3 Å². The van der Waals surface area contributed by atoms with Crippen LogP contribution in [0.1, 0.15) is 50.4 Å². The molecule has 0 N–H and O–H groups in total. The summed E-state index contributed by atoms with van der Waals surface area (Å²) in [5.74, 6) is 1.62. The summed E-state index contributed by atoms with van der Waals surface area (Å²) < 4.78 is 6.03. The van der Waals surface area contributed by atoms with Gasteiger partial charge in [0.15, 0.2) is 0 Å². The van der Waals surface area contributed by atoms with Gasteiger partial charge in [-0.25, -0.2) is 9.97 Å². The molecule has 2 aliphatic heterocycles. The second kappa shape index (κ2) is 4.61. The molecular formula is C17H17N3O2S. The second-order valence-electron chi connectivity index (χ2n) is 6.72. The van der Waals surface area contributed by atoms with E-state index in [1.807, 2.05) is 30.2 Å². The van der Waals surface area contributed by atoms with E-state index in [9.17, 15) is 4.79 Å². The van der Waals surface area contributed by atoms with Crippen molar-refractivity contribution < 1.29 is 9.53 Å². The number of fused-ring (bicyclic) bond motifs is 2. The first-order valence-electron chi connectivity index (χ1n) is 8.01. The van der Waals surface area contributed by atoms with Crippen LogP contribution in [0.15, 0.2) is 18.3 Å². The Morgan fingerprint density at radius 3 is 2.91 bits per heavy atom. The van der Waals surface area contributed by atoms with Gasteiger partial charge in [0, 0.05) is 22.6 Å². The molecule has 0 bridgehead atoms. The lowest BCUT2D eigenvalue weighted by molar-refractivity contribution is -0.126. The van der Waals surface area contributed by atoms with E-state index in [1.54, 1.807) is 11.3 Å². The molecule has 6 heteroatoms. The van der Waals surface area contributed by atoms with Crippen molar-refractivity contribution in [2.24, 2.45) is 0 Å². The van der Waals surface area contributed by atoms with Crippen molar-refractivity contribution in [1.82, 2.24) is 14.9 Å². The number of rotatable bonds is 2. The molecular weight excluding hydrogens is 310 g/mol. The molecule has 3 aliphatic rings. The standard InChI is InChI=1S/C17H17N3O2S/c1-10-2-5-14(23-10)16(21)20-8-17(9-20)12-6-18-15(11-3-4-11)19-13(12)7-22-17/h2,5-6,11H,3-4,7-9H2,1H3. The first-order chi connectivity index (χ1) is 11.1. The zero-order chi connectivity index (χ0) is 15.6. The number of likely N-dealkylation sites (tertiary alicyclic amines) is 1. The number of aryl methyl sites for hydroxylation is 1. The Morgan fingerprint density at radius 1 is 1.39 bits per heavy atom. The summed E-state index contributed by atoms with van der Waals surface area (Å²) in [7, 11) is 0. The van der Waals surface area contributed by atoms with Crippen LogP contribution >= 0.6 is 11.3 Å². The van der Waals surface area contributed by atoms with Gasteiger partial charge in [-0.05, 0) is 31.9 Å². The first-order valence-corrected chi connectivity index (χ1v) is 8.82. The topological polar surface area (TPSA) is 55.3 Å². The molecule has 1 saturated carbocycles. The number of carbonyl (C=O) groups excluding carboxylic acids is 1. The Hall–Kier alpha value is -1.79. The summed E-state index contributed by atoms with van der Waals surface area (Å²) in [5, 5.41) is 0. The summed E-state index contributed by atoms with van der Waals surface area (Å²) in [6, 6.07) is 3.89. The van der Waals surface area contributed by atoms with Gasteiger partial charge in [0.05, 0.1) is 30.3 Å². The van der Waals surface area contributed by atoms with Gasteiger partial charge in [-0.3, -0.25) is 4.79 Å². The fraction of sp³-hybridized carbons (Fsp3) is 0.471. The van der Waals surface area contributed by atoms with E-state index in [0.717, 1.165) is 26.8 Å². The van der Waals surface area contributed by atoms with Gasteiger partial charge < -0.3 is 9.64 Å². The highest BCUT2D eigenvalue weighted by Crippen LogP contribution is 2.45. The van der Waals surface area contributed by atoms with E-state index in [4.69, 9.17) is 4.74 Å².